The van der Waals surface area contributed by atoms with Gasteiger partial charge in [-0.25, -0.2) is 13.4 Å². The molecule has 1 atom stereocenters. The molecule has 1 amide bonds. The predicted molar refractivity (Wildman–Crippen MR) is 197 cm³/mol. The van der Waals surface area contributed by atoms with Crippen LogP contribution in [0.3, 0.4) is 0 Å². The summed E-state index contributed by atoms with van der Waals surface area (Å²) in [5.41, 5.74) is 1.35. The number of likely N-dealkylation sites (tertiary alicyclic amines) is 2. The van der Waals surface area contributed by atoms with Gasteiger partial charge in [0, 0.05) is 35.2 Å². The molecular weight excluding hydrogens is 690 g/mol. The molecule has 2 fully saturated rings. The zero-order valence-electron chi connectivity index (χ0n) is 30.2. The van der Waals surface area contributed by atoms with Crippen molar-refractivity contribution in [3.05, 3.63) is 89.0 Å². The van der Waals surface area contributed by atoms with Crippen molar-refractivity contribution in [1.82, 2.24) is 20.1 Å². The summed E-state index contributed by atoms with van der Waals surface area (Å²) in [6.07, 6.45) is -0.727. The van der Waals surface area contributed by atoms with Crippen LogP contribution in [0.25, 0.3) is 22.2 Å². The first-order valence-corrected chi connectivity index (χ1v) is 19.8. The van der Waals surface area contributed by atoms with Crippen LogP contribution in [0.15, 0.2) is 71.6 Å². The summed E-state index contributed by atoms with van der Waals surface area (Å²) in [6.45, 7) is 10.8. The van der Waals surface area contributed by atoms with E-state index < -0.39 is 33.5 Å². The summed E-state index contributed by atoms with van der Waals surface area (Å²) in [7, 11) is -3.84. The Hall–Kier alpha value is -4.00. The first-order chi connectivity index (χ1) is 24.7. The molecule has 52 heavy (non-hydrogen) atoms. The molecule has 0 saturated carbocycles. The zero-order valence-corrected chi connectivity index (χ0v) is 31.0. The van der Waals surface area contributed by atoms with Gasteiger partial charge in [0.2, 0.25) is 0 Å². The molecule has 2 aliphatic rings. The van der Waals surface area contributed by atoms with E-state index in [1.165, 1.54) is 31.0 Å². The Morgan fingerprint density at radius 3 is 2.29 bits per heavy atom. The topological polar surface area (TPSA) is 91.8 Å². The van der Waals surface area contributed by atoms with Gasteiger partial charge in [0.1, 0.15) is 10.6 Å². The maximum atomic E-state index is 14.7. The first kappa shape index (κ1) is 37.7. The fourth-order valence-electron chi connectivity index (χ4n) is 7.42. The van der Waals surface area contributed by atoms with Crippen molar-refractivity contribution in [2.45, 2.75) is 89.2 Å². The molecule has 0 bridgehead atoms. The number of sulfone groups is 1. The number of amides is 1. The molecule has 1 aromatic heterocycles. The molecule has 0 unspecified atom stereocenters. The Morgan fingerprint density at radius 2 is 1.65 bits per heavy atom. The van der Waals surface area contributed by atoms with Gasteiger partial charge in [0.25, 0.3) is 5.91 Å². The molecule has 0 spiro atoms. The number of fused-ring (bicyclic) bond motifs is 1. The normalized spacial score (nSPS) is 17.2. The highest BCUT2D eigenvalue weighted by atomic mass is 32.2. The number of hydrogen-bond donors (Lipinski definition) is 1. The van der Waals surface area contributed by atoms with Crippen LogP contribution in [0, 0.1) is 0 Å². The molecule has 0 radical (unpaired) electrons. The maximum absolute atomic E-state index is 14.7. The number of carbonyl (C=O) groups excluding carboxylic acids is 1. The summed E-state index contributed by atoms with van der Waals surface area (Å²) >= 11 is 0. The van der Waals surface area contributed by atoms with Crippen LogP contribution in [0.4, 0.5) is 13.2 Å². The van der Waals surface area contributed by atoms with Crippen LogP contribution in [-0.4, -0.2) is 73.2 Å². The number of rotatable bonds is 11. The first-order valence-electron chi connectivity index (χ1n) is 18.1. The Balaban J connectivity index is 1.57. The van der Waals surface area contributed by atoms with Crippen LogP contribution >= 0.6 is 0 Å². The number of ether oxygens (including phenoxy) is 1. The fourth-order valence-corrected chi connectivity index (χ4v) is 8.44. The van der Waals surface area contributed by atoms with Crippen molar-refractivity contribution in [2.24, 2.45) is 0 Å². The second-order valence-electron chi connectivity index (χ2n) is 14.1. The number of pyridine rings is 1. The van der Waals surface area contributed by atoms with Crippen molar-refractivity contribution in [3.63, 3.8) is 0 Å². The van der Waals surface area contributed by atoms with Gasteiger partial charge in [0.05, 0.1) is 40.2 Å². The molecule has 6 rings (SSSR count). The van der Waals surface area contributed by atoms with Crippen molar-refractivity contribution in [1.29, 1.82) is 0 Å². The van der Waals surface area contributed by atoms with E-state index in [0.717, 1.165) is 56.7 Å². The predicted octanol–water partition coefficient (Wildman–Crippen LogP) is 8.05. The van der Waals surface area contributed by atoms with Crippen LogP contribution in [0.2, 0.25) is 0 Å². The van der Waals surface area contributed by atoms with E-state index in [1.807, 2.05) is 37.3 Å². The second kappa shape index (κ2) is 15.5. The van der Waals surface area contributed by atoms with Gasteiger partial charge >= 0.3 is 6.18 Å². The van der Waals surface area contributed by atoms with E-state index in [0.29, 0.717) is 17.0 Å². The fraction of sp³-hybridized carbons (Fsp3) is 0.450. The minimum absolute atomic E-state index is 0.0626. The number of nitrogens with zero attached hydrogens (tertiary/aromatic N) is 3. The second-order valence-corrected chi connectivity index (χ2v) is 16.4. The maximum Gasteiger partial charge on any atom is 0.416 e. The third-order valence-electron chi connectivity index (χ3n) is 10.2. The lowest BCUT2D eigenvalue weighted by atomic mass is 9.93. The van der Waals surface area contributed by atoms with Gasteiger partial charge < -0.3 is 15.0 Å². The number of hydrogen-bond acceptors (Lipinski definition) is 7. The quantitative estimate of drug-likeness (QED) is 0.167. The Labute approximate surface area is 304 Å². The number of carbonyl (C=O) groups is 1. The number of benzene rings is 3. The largest absolute Gasteiger partial charge is 0.490 e. The molecule has 3 heterocycles. The van der Waals surface area contributed by atoms with E-state index in [-0.39, 0.29) is 51.4 Å². The molecule has 12 heteroatoms. The number of alkyl halides is 3. The molecule has 0 aliphatic carbocycles. The monoisotopic (exact) mass is 736 g/mol. The Bertz CT molecular complexity index is 2010. The molecular formula is C40H47F3N4O4S. The number of piperidine rings is 1. The summed E-state index contributed by atoms with van der Waals surface area (Å²) < 4.78 is 75.3. The van der Waals surface area contributed by atoms with E-state index in [2.05, 4.69) is 15.1 Å². The highest BCUT2D eigenvalue weighted by molar-refractivity contribution is 7.91. The average molecular weight is 737 g/mol. The third-order valence-corrected chi connectivity index (χ3v) is 11.9. The Morgan fingerprint density at radius 1 is 0.962 bits per heavy atom. The number of nitrogens with one attached hydrogen (secondary N) is 1. The molecule has 2 aliphatic heterocycles. The van der Waals surface area contributed by atoms with Gasteiger partial charge in [-0.05, 0) is 96.4 Å². The number of halogens is 3. The third kappa shape index (κ3) is 8.29. The van der Waals surface area contributed by atoms with Crippen LogP contribution in [0.5, 0.6) is 5.75 Å². The Kier molecular flexibility index (Phi) is 11.3. The van der Waals surface area contributed by atoms with Crippen molar-refractivity contribution in [3.8, 4) is 17.0 Å². The van der Waals surface area contributed by atoms with Gasteiger partial charge in [-0.3, -0.25) is 9.69 Å². The van der Waals surface area contributed by atoms with Crippen molar-refractivity contribution in [2.75, 3.05) is 31.9 Å². The van der Waals surface area contributed by atoms with Gasteiger partial charge in [0.15, 0.2) is 9.84 Å². The lowest BCUT2D eigenvalue weighted by molar-refractivity contribution is -0.137. The van der Waals surface area contributed by atoms with E-state index in [4.69, 9.17) is 9.72 Å². The van der Waals surface area contributed by atoms with E-state index in [1.54, 1.807) is 26.8 Å². The summed E-state index contributed by atoms with van der Waals surface area (Å²) in [5.74, 6) is -0.599. The molecule has 8 nitrogen and oxygen atoms in total. The molecule has 278 valence electrons. The minimum Gasteiger partial charge on any atom is -0.490 e. The molecule has 3 aromatic carbocycles. The molecule has 1 N–H and O–H groups in total. The number of aromatic nitrogens is 1. The van der Waals surface area contributed by atoms with E-state index >= 15 is 0 Å². The van der Waals surface area contributed by atoms with Crippen molar-refractivity contribution < 1.29 is 31.1 Å². The van der Waals surface area contributed by atoms with Crippen LogP contribution in [-0.2, 0) is 22.6 Å². The van der Waals surface area contributed by atoms with Crippen LogP contribution in [0.1, 0.15) is 86.5 Å². The highest BCUT2D eigenvalue weighted by Crippen LogP contribution is 2.39. The van der Waals surface area contributed by atoms with Gasteiger partial charge in [-0.1, -0.05) is 49.4 Å². The van der Waals surface area contributed by atoms with Gasteiger partial charge in [-0.15, -0.1) is 0 Å². The van der Waals surface area contributed by atoms with E-state index in [9.17, 15) is 26.4 Å². The summed E-state index contributed by atoms with van der Waals surface area (Å²) in [4.78, 5) is 24.4. The highest BCUT2D eigenvalue weighted by Gasteiger charge is 2.33. The minimum atomic E-state index is -4.60. The van der Waals surface area contributed by atoms with Crippen LogP contribution < -0.4 is 10.1 Å². The lowest BCUT2D eigenvalue weighted by Gasteiger charge is -2.37. The standard InChI is InChI=1S/C40H47F3N4O4S/c1-5-52(49,50)36-23-32-34(24-35(36)51-26(2)3)45-38(29-14-11-15-30(22-29)40(41,42)43)33(25-46-20-16-31(17-21-46)47-18-9-10-19-47)37(32)39(48)44-27(4)28-12-7-6-8-13-28/h6-8,11-15,22-24,26-27,31H,5,9-10,16-21,25H2,1-4H3,(H,44,48)/t27-/m0/s1. The molecule has 2 saturated heterocycles. The smallest absolute Gasteiger partial charge is 0.416 e. The lowest BCUT2D eigenvalue weighted by Crippen LogP contribution is -2.43. The summed E-state index contributed by atoms with van der Waals surface area (Å²) in [6, 6.07) is 17.4. The molecule has 4 aromatic rings. The van der Waals surface area contributed by atoms with Crippen molar-refractivity contribution >= 4 is 26.6 Å². The van der Waals surface area contributed by atoms with Gasteiger partial charge in [-0.2, -0.15) is 13.2 Å². The SMILES string of the molecule is CCS(=O)(=O)c1cc2c(C(=O)N[C@@H](C)c3ccccc3)c(CN3CCC(N4CCCC4)CC3)c(-c3cccc(C(F)(F)F)c3)nc2cc1OC(C)C. The summed E-state index contributed by atoms with van der Waals surface area (Å²) in [5, 5.41) is 3.40. The average Bonchev–Trinajstić information content (AvgIpc) is 3.66. The zero-order chi connectivity index (χ0) is 37.2.